The van der Waals surface area contributed by atoms with Crippen molar-refractivity contribution in [1.82, 2.24) is 10.2 Å². The van der Waals surface area contributed by atoms with Gasteiger partial charge in [0.2, 0.25) is 5.91 Å². The Morgan fingerprint density at radius 3 is 2.44 bits per heavy atom. The van der Waals surface area contributed by atoms with Crippen molar-refractivity contribution in [2.75, 3.05) is 26.2 Å². The lowest BCUT2D eigenvalue weighted by molar-refractivity contribution is -0.120. The van der Waals surface area contributed by atoms with Crippen molar-refractivity contribution in [3.8, 4) is 5.75 Å². The second kappa shape index (κ2) is 10.2. The van der Waals surface area contributed by atoms with Crippen LogP contribution < -0.4 is 10.1 Å². The molecule has 1 amide bonds. The third kappa shape index (κ3) is 5.87. The molecule has 0 aliphatic heterocycles. The summed E-state index contributed by atoms with van der Waals surface area (Å²) >= 11 is 1.75. The van der Waals surface area contributed by atoms with Gasteiger partial charge in [0.05, 0.1) is 19.1 Å². The van der Waals surface area contributed by atoms with E-state index >= 15 is 0 Å². The van der Waals surface area contributed by atoms with Gasteiger partial charge >= 0.3 is 0 Å². The van der Waals surface area contributed by atoms with Crippen LogP contribution in [-0.2, 0) is 11.2 Å². The number of ether oxygens (including phenoxy) is 1. The first kappa shape index (κ1) is 19.5. The summed E-state index contributed by atoms with van der Waals surface area (Å²) in [6, 6.07) is 12.2. The average Bonchev–Trinajstić information content (AvgIpc) is 3.15. The normalized spacial score (nSPS) is 12.2. The van der Waals surface area contributed by atoms with Gasteiger partial charge in [0, 0.05) is 11.4 Å². The SMILES string of the molecule is CCOc1ccc(CC(=O)NCC(c2cccs2)N(CC)CC)cc1. The topological polar surface area (TPSA) is 41.6 Å². The molecule has 5 heteroatoms. The van der Waals surface area contributed by atoms with Crippen LogP contribution in [0.2, 0.25) is 0 Å². The maximum atomic E-state index is 12.3. The van der Waals surface area contributed by atoms with Crippen LogP contribution in [0.5, 0.6) is 5.75 Å². The Balaban J connectivity index is 1.92. The zero-order valence-electron chi connectivity index (χ0n) is 15.3. The van der Waals surface area contributed by atoms with E-state index in [2.05, 4.69) is 41.6 Å². The third-order valence-electron chi connectivity index (χ3n) is 4.22. The number of hydrogen-bond acceptors (Lipinski definition) is 4. The van der Waals surface area contributed by atoms with Gasteiger partial charge in [-0.15, -0.1) is 11.3 Å². The summed E-state index contributed by atoms with van der Waals surface area (Å²) in [4.78, 5) is 16.0. The molecule has 0 fully saturated rings. The Hall–Kier alpha value is -1.85. The fourth-order valence-electron chi connectivity index (χ4n) is 2.88. The Labute approximate surface area is 154 Å². The molecule has 136 valence electrons. The minimum Gasteiger partial charge on any atom is -0.494 e. The molecule has 0 saturated heterocycles. The maximum absolute atomic E-state index is 12.3. The van der Waals surface area contributed by atoms with Gasteiger partial charge in [-0.1, -0.05) is 32.0 Å². The minimum atomic E-state index is 0.0536. The first-order valence-electron chi connectivity index (χ1n) is 8.93. The molecule has 2 aromatic rings. The standard InChI is InChI=1S/C20H28N2O2S/c1-4-22(5-2)18(19-8-7-13-25-19)15-21-20(23)14-16-9-11-17(12-10-16)24-6-3/h7-13,18H,4-6,14-15H2,1-3H3,(H,21,23). The number of likely N-dealkylation sites (N-methyl/N-ethyl adjacent to an activating group) is 1. The first-order valence-corrected chi connectivity index (χ1v) is 9.81. The number of nitrogens with one attached hydrogen (secondary N) is 1. The van der Waals surface area contributed by atoms with Crippen molar-refractivity contribution < 1.29 is 9.53 Å². The van der Waals surface area contributed by atoms with Crippen LogP contribution in [-0.4, -0.2) is 37.0 Å². The number of benzene rings is 1. The lowest BCUT2D eigenvalue weighted by Gasteiger charge is -2.29. The number of carbonyl (C=O) groups is 1. The predicted molar refractivity (Wildman–Crippen MR) is 104 cm³/mol. The Morgan fingerprint density at radius 2 is 1.88 bits per heavy atom. The van der Waals surface area contributed by atoms with Crippen molar-refractivity contribution in [2.24, 2.45) is 0 Å². The molecule has 0 spiro atoms. The molecule has 0 aliphatic rings. The number of rotatable bonds is 10. The summed E-state index contributed by atoms with van der Waals surface area (Å²) in [7, 11) is 0. The summed E-state index contributed by atoms with van der Waals surface area (Å²) in [5, 5.41) is 5.19. The van der Waals surface area contributed by atoms with E-state index in [0.717, 1.165) is 24.4 Å². The van der Waals surface area contributed by atoms with E-state index in [9.17, 15) is 4.79 Å². The van der Waals surface area contributed by atoms with Crippen LogP contribution in [0.15, 0.2) is 41.8 Å². The van der Waals surface area contributed by atoms with Crippen LogP contribution in [0.3, 0.4) is 0 Å². The van der Waals surface area contributed by atoms with Crippen molar-refractivity contribution in [2.45, 2.75) is 33.2 Å². The number of amides is 1. The molecule has 0 radical (unpaired) electrons. The second-order valence-electron chi connectivity index (χ2n) is 5.81. The van der Waals surface area contributed by atoms with E-state index in [-0.39, 0.29) is 11.9 Å². The maximum Gasteiger partial charge on any atom is 0.224 e. The highest BCUT2D eigenvalue weighted by Crippen LogP contribution is 2.24. The third-order valence-corrected chi connectivity index (χ3v) is 5.19. The lowest BCUT2D eigenvalue weighted by atomic mass is 10.1. The van der Waals surface area contributed by atoms with E-state index in [1.165, 1.54) is 4.88 Å². The summed E-state index contributed by atoms with van der Waals surface area (Å²) in [6.07, 6.45) is 0.391. The zero-order valence-corrected chi connectivity index (χ0v) is 16.1. The highest BCUT2D eigenvalue weighted by Gasteiger charge is 2.19. The molecule has 1 aromatic carbocycles. The smallest absolute Gasteiger partial charge is 0.224 e. The van der Waals surface area contributed by atoms with E-state index in [1.807, 2.05) is 31.2 Å². The largest absolute Gasteiger partial charge is 0.494 e. The lowest BCUT2D eigenvalue weighted by Crippen LogP contribution is -2.38. The number of hydrogen-bond donors (Lipinski definition) is 1. The van der Waals surface area contributed by atoms with Crippen LogP contribution in [0.25, 0.3) is 0 Å². The van der Waals surface area contributed by atoms with Gasteiger partial charge in [0.1, 0.15) is 5.75 Å². The van der Waals surface area contributed by atoms with Crippen LogP contribution in [0, 0.1) is 0 Å². The van der Waals surface area contributed by atoms with Crippen molar-refractivity contribution in [1.29, 1.82) is 0 Å². The van der Waals surface area contributed by atoms with Crippen molar-refractivity contribution in [3.05, 3.63) is 52.2 Å². The molecule has 1 aromatic heterocycles. The van der Waals surface area contributed by atoms with Crippen LogP contribution in [0.1, 0.15) is 37.3 Å². The van der Waals surface area contributed by atoms with Crippen molar-refractivity contribution in [3.63, 3.8) is 0 Å². The highest BCUT2D eigenvalue weighted by atomic mass is 32.1. The first-order chi connectivity index (χ1) is 12.2. The minimum absolute atomic E-state index is 0.0536. The van der Waals surface area contributed by atoms with Gasteiger partial charge in [-0.2, -0.15) is 0 Å². The van der Waals surface area contributed by atoms with Gasteiger partial charge < -0.3 is 10.1 Å². The van der Waals surface area contributed by atoms with E-state index in [0.29, 0.717) is 19.6 Å². The summed E-state index contributed by atoms with van der Waals surface area (Å²) < 4.78 is 5.43. The van der Waals surface area contributed by atoms with Crippen molar-refractivity contribution >= 4 is 17.2 Å². The Bertz CT molecular complexity index is 622. The molecule has 2 rings (SSSR count). The molecular weight excluding hydrogens is 332 g/mol. The predicted octanol–water partition coefficient (Wildman–Crippen LogP) is 3.89. The van der Waals surface area contributed by atoms with Gasteiger partial charge in [0.15, 0.2) is 0 Å². The summed E-state index contributed by atoms with van der Waals surface area (Å²) in [5.74, 6) is 0.892. The van der Waals surface area contributed by atoms with Gasteiger partial charge in [-0.25, -0.2) is 0 Å². The highest BCUT2D eigenvalue weighted by molar-refractivity contribution is 7.10. The molecule has 25 heavy (non-hydrogen) atoms. The van der Waals surface area contributed by atoms with Gasteiger partial charge in [-0.05, 0) is 49.2 Å². The van der Waals surface area contributed by atoms with E-state index in [4.69, 9.17) is 4.74 Å². The Morgan fingerprint density at radius 1 is 1.16 bits per heavy atom. The fourth-order valence-corrected chi connectivity index (χ4v) is 3.74. The summed E-state index contributed by atoms with van der Waals surface area (Å²) in [5.41, 5.74) is 0.997. The average molecular weight is 361 g/mol. The molecule has 1 unspecified atom stereocenters. The number of carbonyl (C=O) groups excluding carboxylic acids is 1. The van der Waals surface area contributed by atoms with Crippen LogP contribution in [0.4, 0.5) is 0 Å². The summed E-state index contributed by atoms with van der Waals surface area (Å²) in [6.45, 7) is 9.49. The van der Waals surface area contributed by atoms with Gasteiger partial charge in [-0.3, -0.25) is 9.69 Å². The fraction of sp³-hybridized carbons (Fsp3) is 0.450. The van der Waals surface area contributed by atoms with Crippen LogP contribution >= 0.6 is 11.3 Å². The molecule has 0 bridgehead atoms. The molecule has 1 N–H and O–H groups in total. The zero-order chi connectivity index (χ0) is 18.1. The molecule has 0 aliphatic carbocycles. The second-order valence-corrected chi connectivity index (χ2v) is 6.79. The number of thiophene rings is 1. The van der Waals surface area contributed by atoms with Gasteiger partial charge in [0.25, 0.3) is 0 Å². The van der Waals surface area contributed by atoms with E-state index in [1.54, 1.807) is 11.3 Å². The molecule has 4 nitrogen and oxygen atoms in total. The quantitative estimate of drug-likeness (QED) is 0.699. The molecule has 1 heterocycles. The molecule has 0 saturated carbocycles. The molecule has 1 atom stereocenters. The monoisotopic (exact) mass is 360 g/mol. The number of nitrogens with zero attached hydrogens (tertiary/aromatic N) is 1. The van der Waals surface area contributed by atoms with E-state index < -0.39 is 0 Å². The Kier molecular flexibility index (Phi) is 7.95. The molecular formula is C20H28N2O2S.